The molecule has 1 saturated heterocycles. The molecule has 1 amide bonds. The van der Waals surface area contributed by atoms with Crippen molar-refractivity contribution in [2.45, 2.75) is 31.4 Å². The largest absolute Gasteiger partial charge is 0.488 e. The Morgan fingerprint density at radius 3 is 2.81 bits per heavy atom. The maximum atomic E-state index is 12.6. The number of nitrogens with zero attached hydrogens (tertiary/aromatic N) is 4. The van der Waals surface area contributed by atoms with Crippen molar-refractivity contribution >= 4 is 44.9 Å². The van der Waals surface area contributed by atoms with Gasteiger partial charge in [0, 0.05) is 42.2 Å². The van der Waals surface area contributed by atoms with E-state index < -0.39 is 0 Å². The summed E-state index contributed by atoms with van der Waals surface area (Å²) in [6.07, 6.45) is 7.24. The van der Waals surface area contributed by atoms with Crippen LogP contribution in [0.1, 0.15) is 19.3 Å². The number of piperidine rings is 1. The van der Waals surface area contributed by atoms with Gasteiger partial charge in [0.1, 0.15) is 5.82 Å². The van der Waals surface area contributed by atoms with Gasteiger partial charge in [0.2, 0.25) is 0 Å². The number of anilines is 1. The number of ether oxygens (including phenoxy) is 1. The average molecular weight is 503 g/mol. The molecule has 2 aliphatic rings. The molecule has 5 rings (SSSR count). The van der Waals surface area contributed by atoms with Crippen LogP contribution in [0.15, 0.2) is 53.3 Å². The summed E-state index contributed by atoms with van der Waals surface area (Å²) in [7, 11) is 0. The summed E-state index contributed by atoms with van der Waals surface area (Å²) < 4.78 is 7.99. The van der Waals surface area contributed by atoms with Crippen molar-refractivity contribution < 1.29 is 9.53 Å². The van der Waals surface area contributed by atoms with E-state index in [1.807, 2.05) is 41.3 Å². The molecule has 0 spiro atoms. The topological polar surface area (TPSA) is 71.8 Å². The fourth-order valence-corrected chi connectivity index (χ4v) is 4.63. The van der Waals surface area contributed by atoms with Crippen molar-refractivity contribution in [3.05, 3.63) is 58.4 Å². The smallest absolute Gasteiger partial charge is 0.263 e. The Bertz CT molecular complexity index is 1150. The monoisotopic (exact) mass is 501 g/mol. The van der Waals surface area contributed by atoms with Crippen LogP contribution in [0.25, 0.3) is 16.9 Å². The molecule has 31 heavy (non-hydrogen) atoms. The molecular formula is C22H21BrClN5O2. The molecule has 1 aromatic carbocycles. The van der Waals surface area contributed by atoms with Crippen molar-refractivity contribution in [3.63, 3.8) is 0 Å². The fraction of sp³-hybridized carbons (Fsp3) is 0.318. The van der Waals surface area contributed by atoms with Crippen LogP contribution in [0.2, 0.25) is 5.02 Å². The van der Waals surface area contributed by atoms with Crippen LogP contribution in [-0.4, -0.2) is 50.6 Å². The normalized spacial score (nSPS) is 19.0. The van der Waals surface area contributed by atoms with E-state index in [-0.39, 0.29) is 18.1 Å². The molecule has 1 N–H and O–H groups in total. The van der Waals surface area contributed by atoms with E-state index in [0.29, 0.717) is 24.5 Å². The van der Waals surface area contributed by atoms with Gasteiger partial charge in [-0.1, -0.05) is 29.8 Å². The highest BCUT2D eigenvalue weighted by molar-refractivity contribution is 9.10. The Hall–Kier alpha value is -2.58. The molecule has 9 heteroatoms. The van der Waals surface area contributed by atoms with Gasteiger partial charge in [-0.15, -0.1) is 0 Å². The van der Waals surface area contributed by atoms with Crippen LogP contribution in [0.3, 0.4) is 0 Å². The Balaban J connectivity index is 1.36. The Labute approximate surface area is 193 Å². The minimum atomic E-state index is -0.357. The standard InChI is InChI=1S/C22H21BrClN5O2/c23-16-13-25-29-20(12-18(27-21(16)29)15-4-1-2-5-17(15)24)26-14-7-9-28(10-8-14)22(30)19-6-3-11-31-19/h1-5,11-14,19,26H,6-10H2. The first-order chi connectivity index (χ1) is 15.1. The maximum absolute atomic E-state index is 12.6. The third-order valence-corrected chi connectivity index (χ3v) is 6.59. The lowest BCUT2D eigenvalue weighted by Gasteiger charge is -2.34. The van der Waals surface area contributed by atoms with Crippen LogP contribution in [-0.2, 0) is 9.53 Å². The van der Waals surface area contributed by atoms with Gasteiger partial charge in [0.25, 0.3) is 5.91 Å². The summed E-state index contributed by atoms with van der Waals surface area (Å²) in [6, 6.07) is 9.86. The van der Waals surface area contributed by atoms with Crippen molar-refractivity contribution in [2.24, 2.45) is 0 Å². The number of rotatable bonds is 4. The number of hydrogen-bond donors (Lipinski definition) is 1. The number of nitrogens with one attached hydrogen (secondary N) is 1. The van der Waals surface area contributed by atoms with Gasteiger partial charge in [-0.3, -0.25) is 4.79 Å². The van der Waals surface area contributed by atoms with Crippen molar-refractivity contribution in [1.82, 2.24) is 19.5 Å². The quantitative estimate of drug-likeness (QED) is 0.568. The van der Waals surface area contributed by atoms with E-state index in [9.17, 15) is 4.79 Å². The lowest BCUT2D eigenvalue weighted by Crippen LogP contribution is -2.46. The Morgan fingerprint density at radius 1 is 1.26 bits per heavy atom. The first kappa shape index (κ1) is 20.3. The zero-order valence-electron chi connectivity index (χ0n) is 16.7. The maximum Gasteiger partial charge on any atom is 0.263 e. The predicted molar refractivity (Wildman–Crippen MR) is 123 cm³/mol. The molecule has 7 nitrogen and oxygen atoms in total. The van der Waals surface area contributed by atoms with Gasteiger partial charge in [0.05, 0.1) is 22.6 Å². The SMILES string of the molecule is O=C(C1CC=CO1)N1CCC(Nc2cc(-c3ccccc3Cl)nc3c(Br)cnn23)CC1. The van der Waals surface area contributed by atoms with Gasteiger partial charge in [-0.2, -0.15) is 9.61 Å². The van der Waals surface area contributed by atoms with E-state index in [1.165, 1.54) is 0 Å². The minimum absolute atomic E-state index is 0.0757. The molecule has 0 bridgehead atoms. The number of halogens is 2. The molecule has 1 atom stereocenters. The highest BCUT2D eigenvalue weighted by atomic mass is 79.9. The van der Waals surface area contributed by atoms with Crippen LogP contribution in [0.4, 0.5) is 5.82 Å². The van der Waals surface area contributed by atoms with Crippen molar-refractivity contribution in [3.8, 4) is 11.3 Å². The zero-order chi connectivity index (χ0) is 21.4. The van der Waals surface area contributed by atoms with E-state index in [2.05, 4.69) is 26.3 Å². The lowest BCUT2D eigenvalue weighted by molar-refractivity contribution is -0.140. The fourth-order valence-electron chi connectivity index (χ4n) is 4.05. The molecule has 1 unspecified atom stereocenters. The number of hydrogen-bond acceptors (Lipinski definition) is 5. The van der Waals surface area contributed by atoms with Gasteiger partial charge in [0.15, 0.2) is 11.8 Å². The van der Waals surface area contributed by atoms with Crippen LogP contribution in [0.5, 0.6) is 0 Å². The van der Waals surface area contributed by atoms with Gasteiger partial charge in [-0.25, -0.2) is 4.98 Å². The van der Waals surface area contributed by atoms with E-state index in [0.717, 1.165) is 40.0 Å². The molecule has 2 aliphatic heterocycles. The Morgan fingerprint density at radius 2 is 2.06 bits per heavy atom. The second-order valence-electron chi connectivity index (χ2n) is 7.71. The first-order valence-corrected chi connectivity index (χ1v) is 11.4. The van der Waals surface area contributed by atoms with Gasteiger partial charge in [-0.05, 0) is 40.9 Å². The number of aromatic nitrogens is 3. The van der Waals surface area contributed by atoms with Crippen molar-refractivity contribution in [2.75, 3.05) is 18.4 Å². The van der Waals surface area contributed by atoms with Crippen LogP contribution >= 0.6 is 27.5 Å². The molecule has 0 radical (unpaired) electrons. The minimum Gasteiger partial charge on any atom is -0.488 e. The molecule has 2 aromatic heterocycles. The number of carbonyl (C=O) groups excluding carboxylic acids is 1. The molecule has 160 valence electrons. The van der Waals surface area contributed by atoms with E-state index >= 15 is 0 Å². The average Bonchev–Trinajstić information content (AvgIpc) is 3.45. The second kappa shape index (κ2) is 8.51. The second-order valence-corrected chi connectivity index (χ2v) is 8.97. The molecular weight excluding hydrogens is 482 g/mol. The first-order valence-electron chi connectivity index (χ1n) is 10.2. The van der Waals surface area contributed by atoms with Gasteiger partial charge < -0.3 is 15.0 Å². The number of fused-ring (bicyclic) bond motifs is 1. The lowest BCUT2D eigenvalue weighted by atomic mass is 10.0. The summed E-state index contributed by atoms with van der Waals surface area (Å²) in [5, 5.41) is 8.72. The van der Waals surface area contributed by atoms with Crippen molar-refractivity contribution in [1.29, 1.82) is 0 Å². The molecule has 0 aliphatic carbocycles. The molecule has 1 fully saturated rings. The summed E-state index contributed by atoms with van der Waals surface area (Å²) in [6.45, 7) is 1.40. The summed E-state index contributed by atoms with van der Waals surface area (Å²) in [4.78, 5) is 19.2. The summed E-state index contributed by atoms with van der Waals surface area (Å²) >= 11 is 9.96. The number of likely N-dealkylation sites (tertiary alicyclic amines) is 1. The molecule has 3 aromatic rings. The third kappa shape index (κ3) is 4.02. The number of carbonyl (C=O) groups is 1. The molecule has 0 saturated carbocycles. The number of benzene rings is 1. The Kier molecular flexibility index (Phi) is 5.58. The predicted octanol–water partition coefficient (Wildman–Crippen LogP) is 4.52. The highest BCUT2D eigenvalue weighted by Gasteiger charge is 2.30. The molecule has 4 heterocycles. The summed E-state index contributed by atoms with van der Waals surface area (Å²) in [5.41, 5.74) is 2.37. The van der Waals surface area contributed by atoms with Gasteiger partial charge >= 0.3 is 0 Å². The summed E-state index contributed by atoms with van der Waals surface area (Å²) in [5.74, 6) is 0.922. The zero-order valence-corrected chi connectivity index (χ0v) is 19.0. The highest BCUT2D eigenvalue weighted by Crippen LogP contribution is 2.31. The van der Waals surface area contributed by atoms with E-state index in [4.69, 9.17) is 21.3 Å². The third-order valence-electron chi connectivity index (χ3n) is 5.70. The number of amides is 1. The van der Waals surface area contributed by atoms with Crippen LogP contribution < -0.4 is 5.32 Å². The van der Waals surface area contributed by atoms with Crippen LogP contribution in [0, 0.1) is 0 Å². The van der Waals surface area contributed by atoms with E-state index in [1.54, 1.807) is 17.0 Å².